The van der Waals surface area contributed by atoms with E-state index >= 15 is 0 Å². The molecule has 0 spiro atoms. The molecular formula is C7H10N2O4. The van der Waals surface area contributed by atoms with Gasteiger partial charge in [0.15, 0.2) is 5.82 Å². The van der Waals surface area contributed by atoms with Gasteiger partial charge in [-0.25, -0.2) is 0 Å². The van der Waals surface area contributed by atoms with Gasteiger partial charge in [0.2, 0.25) is 5.89 Å². The Balaban J connectivity index is 2.44. The number of aromatic nitrogens is 2. The van der Waals surface area contributed by atoms with Crippen LogP contribution in [0.4, 0.5) is 0 Å². The van der Waals surface area contributed by atoms with Crippen molar-refractivity contribution in [3.05, 3.63) is 11.7 Å². The lowest BCUT2D eigenvalue weighted by molar-refractivity contribution is -0.137. The zero-order valence-corrected chi connectivity index (χ0v) is 6.93. The maximum absolute atomic E-state index is 10.2. The maximum atomic E-state index is 10.2. The van der Waals surface area contributed by atoms with Crippen molar-refractivity contribution < 1.29 is 19.5 Å². The van der Waals surface area contributed by atoms with Gasteiger partial charge in [-0.15, -0.1) is 0 Å². The van der Waals surface area contributed by atoms with Crippen LogP contribution in [0.15, 0.2) is 4.52 Å². The number of nitrogens with zero attached hydrogens (tertiary/aromatic N) is 2. The Morgan fingerprint density at radius 3 is 2.85 bits per heavy atom. The molecule has 0 saturated heterocycles. The standard InChI is InChI=1S/C7H10N2O4/c10-4-3-6-8-5(9-13-6)1-2-7(11)12/h10H,1-4H2,(H,11,12). The number of aliphatic hydroxyl groups is 1. The van der Waals surface area contributed by atoms with E-state index in [4.69, 9.17) is 14.7 Å². The van der Waals surface area contributed by atoms with Crippen LogP contribution in [0.3, 0.4) is 0 Å². The number of carboxylic acids is 1. The summed E-state index contributed by atoms with van der Waals surface area (Å²) in [5.74, 6) is -0.192. The number of carboxylic acid groups (broad SMARTS) is 1. The molecule has 0 aliphatic rings. The van der Waals surface area contributed by atoms with Gasteiger partial charge in [-0.05, 0) is 0 Å². The van der Waals surface area contributed by atoms with E-state index in [1.807, 2.05) is 0 Å². The third-order valence-corrected chi connectivity index (χ3v) is 1.40. The molecule has 6 nitrogen and oxygen atoms in total. The number of aliphatic hydroxyl groups excluding tert-OH is 1. The highest BCUT2D eigenvalue weighted by molar-refractivity contribution is 5.66. The molecule has 2 N–H and O–H groups in total. The molecule has 0 bridgehead atoms. The minimum atomic E-state index is -0.895. The first kappa shape index (κ1) is 9.66. The fourth-order valence-corrected chi connectivity index (χ4v) is 0.808. The van der Waals surface area contributed by atoms with E-state index in [1.165, 1.54) is 0 Å². The first-order valence-corrected chi connectivity index (χ1v) is 3.86. The van der Waals surface area contributed by atoms with Crippen LogP contribution in [0, 0.1) is 0 Å². The lowest BCUT2D eigenvalue weighted by Gasteiger charge is -1.87. The summed E-state index contributed by atoms with van der Waals surface area (Å²) in [7, 11) is 0. The molecule has 0 aliphatic carbocycles. The van der Waals surface area contributed by atoms with Gasteiger partial charge in [-0.2, -0.15) is 4.98 Å². The molecule has 1 aromatic rings. The highest BCUT2D eigenvalue weighted by atomic mass is 16.5. The molecule has 13 heavy (non-hydrogen) atoms. The number of hydrogen-bond donors (Lipinski definition) is 2. The maximum Gasteiger partial charge on any atom is 0.303 e. The van der Waals surface area contributed by atoms with Crippen LogP contribution in [-0.2, 0) is 17.6 Å². The zero-order chi connectivity index (χ0) is 9.68. The average Bonchev–Trinajstić information content (AvgIpc) is 2.50. The van der Waals surface area contributed by atoms with E-state index < -0.39 is 5.97 Å². The molecule has 0 atom stereocenters. The third-order valence-electron chi connectivity index (χ3n) is 1.40. The monoisotopic (exact) mass is 186 g/mol. The van der Waals surface area contributed by atoms with Crippen LogP contribution in [0.5, 0.6) is 0 Å². The van der Waals surface area contributed by atoms with Crippen LogP contribution >= 0.6 is 0 Å². The summed E-state index contributed by atoms with van der Waals surface area (Å²) in [5.41, 5.74) is 0. The Morgan fingerprint density at radius 2 is 2.23 bits per heavy atom. The lowest BCUT2D eigenvalue weighted by atomic mass is 10.3. The SMILES string of the molecule is O=C(O)CCc1noc(CCO)n1. The number of hydrogen-bond acceptors (Lipinski definition) is 5. The summed E-state index contributed by atoms with van der Waals surface area (Å²) in [6.45, 7) is -0.0550. The van der Waals surface area contributed by atoms with Crippen LogP contribution in [0.25, 0.3) is 0 Å². The van der Waals surface area contributed by atoms with Gasteiger partial charge in [0.05, 0.1) is 19.4 Å². The molecule has 6 heteroatoms. The highest BCUT2D eigenvalue weighted by Gasteiger charge is 2.07. The van der Waals surface area contributed by atoms with Crippen LogP contribution in [0.1, 0.15) is 18.1 Å². The van der Waals surface area contributed by atoms with Gasteiger partial charge in [-0.3, -0.25) is 4.79 Å². The minimum Gasteiger partial charge on any atom is -0.481 e. The summed E-state index contributed by atoms with van der Waals surface area (Å²) in [6.07, 6.45) is 0.544. The van der Waals surface area contributed by atoms with E-state index in [1.54, 1.807) is 0 Å². The lowest BCUT2D eigenvalue weighted by Crippen LogP contribution is -1.99. The molecule has 0 aliphatic heterocycles. The molecule has 72 valence electrons. The molecule has 0 aromatic carbocycles. The molecule has 0 amide bonds. The number of aryl methyl sites for hydroxylation is 1. The first-order valence-electron chi connectivity index (χ1n) is 3.86. The smallest absolute Gasteiger partial charge is 0.303 e. The quantitative estimate of drug-likeness (QED) is 0.650. The fraction of sp³-hybridized carbons (Fsp3) is 0.571. The van der Waals surface area contributed by atoms with E-state index in [0.29, 0.717) is 18.1 Å². The average molecular weight is 186 g/mol. The van der Waals surface area contributed by atoms with Crippen molar-refractivity contribution in [1.29, 1.82) is 0 Å². The predicted molar refractivity (Wildman–Crippen MR) is 41.0 cm³/mol. The molecule has 0 radical (unpaired) electrons. The van der Waals surface area contributed by atoms with E-state index in [2.05, 4.69) is 10.1 Å². The van der Waals surface area contributed by atoms with Crippen molar-refractivity contribution in [3.63, 3.8) is 0 Å². The summed E-state index contributed by atoms with van der Waals surface area (Å²) < 4.78 is 4.72. The van der Waals surface area contributed by atoms with Crippen molar-refractivity contribution in [2.45, 2.75) is 19.3 Å². The summed E-state index contributed by atoms with van der Waals surface area (Å²) in [5, 5.41) is 20.4. The largest absolute Gasteiger partial charge is 0.481 e. The van der Waals surface area contributed by atoms with Gasteiger partial charge in [0, 0.05) is 6.42 Å². The molecule has 1 rings (SSSR count). The summed E-state index contributed by atoms with van der Waals surface area (Å²) in [4.78, 5) is 14.0. The van der Waals surface area contributed by atoms with Gasteiger partial charge in [-0.1, -0.05) is 5.16 Å². The van der Waals surface area contributed by atoms with E-state index in [9.17, 15) is 4.79 Å². The Hall–Kier alpha value is -1.43. The van der Waals surface area contributed by atoms with Crippen LogP contribution < -0.4 is 0 Å². The minimum absolute atomic E-state index is 0.0158. The van der Waals surface area contributed by atoms with Gasteiger partial charge in [0.1, 0.15) is 0 Å². The molecule has 1 aromatic heterocycles. The Bertz CT molecular complexity index is 284. The van der Waals surface area contributed by atoms with Gasteiger partial charge >= 0.3 is 5.97 Å². The second kappa shape index (κ2) is 4.56. The number of rotatable bonds is 5. The van der Waals surface area contributed by atoms with E-state index in [0.717, 1.165) is 0 Å². The molecule has 0 fully saturated rings. The molecule has 0 unspecified atom stereocenters. The van der Waals surface area contributed by atoms with Crippen LogP contribution in [0.2, 0.25) is 0 Å². The second-order valence-corrected chi connectivity index (χ2v) is 2.47. The van der Waals surface area contributed by atoms with Crippen molar-refractivity contribution >= 4 is 5.97 Å². The van der Waals surface area contributed by atoms with Crippen LogP contribution in [-0.4, -0.2) is 32.9 Å². The van der Waals surface area contributed by atoms with Gasteiger partial charge < -0.3 is 14.7 Å². The van der Waals surface area contributed by atoms with Gasteiger partial charge in [0.25, 0.3) is 0 Å². The van der Waals surface area contributed by atoms with Crippen molar-refractivity contribution in [2.24, 2.45) is 0 Å². The highest BCUT2D eigenvalue weighted by Crippen LogP contribution is 2.00. The predicted octanol–water partition coefficient (Wildman–Crippen LogP) is -0.378. The number of aliphatic carboxylic acids is 1. The fourth-order valence-electron chi connectivity index (χ4n) is 0.808. The topological polar surface area (TPSA) is 96.5 Å². The Morgan fingerprint density at radius 1 is 1.46 bits per heavy atom. The summed E-state index contributed by atoms with van der Waals surface area (Å²) in [6, 6.07) is 0. The van der Waals surface area contributed by atoms with Crippen molar-refractivity contribution in [1.82, 2.24) is 10.1 Å². The molecule has 0 saturated carbocycles. The molecule has 1 heterocycles. The molecular weight excluding hydrogens is 176 g/mol. The normalized spacial score (nSPS) is 10.2. The first-order chi connectivity index (χ1) is 6.22. The van der Waals surface area contributed by atoms with Crippen molar-refractivity contribution in [3.8, 4) is 0 Å². The third kappa shape index (κ3) is 3.20. The zero-order valence-electron chi connectivity index (χ0n) is 6.93. The Kier molecular flexibility index (Phi) is 3.39. The Labute approximate surface area is 74.2 Å². The number of carbonyl (C=O) groups is 1. The second-order valence-electron chi connectivity index (χ2n) is 2.47. The van der Waals surface area contributed by atoms with E-state index in [-0.39, 0.29) is 19.4 Å². The van der Waals surface area contributed by atoms with Crippen molar-refractivity contribution in [2.75, 3.05) is 6.61 Å². The summed E-state index contributed by atoms with van der Waals surface area (Å²) >= 11 is 0.